The van der Waals surface area contributed by atoms with Crippen LogP contribution in [-0.2, 0) is 6.54 Å². The van der Waals surface area contributed by atoms with E-state index in [0.717, 1.165) is 5.01 Å². The Balaban J connectivity index is 2.07. The van der Waals surface area contributed by atoms with Gasteiger partial charge in [-0.1, -0.05) is 0 Å². The summed E-state index contributed by atoms with van der Waals surface area (Å²) < 4.78 is 3.18. The van der Waals surface area contributed by atoms with Crippen molar-refractivity contribution in [1.29, 1.82) is 0 Å². The summed E-state index contributed by atoms with van der Waals surface area (Å²) in [4.78, 5) is 25.5. The van der Waals surface area contributed by atoms with Crippen LogP contribution in [-0.4, -0.2) is 36.0 Å². The fourth-order valence-corrected chi connectivity index (χ4v) is 3.23. The van der Waals surface area contributed by atoms with Crippen LogP contribution in [0.1, 0.15) is 24.5 Å². The summed E-state index contributed by atoms with van der Waals surface area (Å²) in [6.07, 6.45) is 1.47. The van der Waals surface area contributed by atoms with Crippen molar-refractivity contribution in [2.75, 3.05) is 5.01 Å². The zero-order valence-corrected chi connectivity index (χ0v) is 12.8. The van der Waals surface area contributed by atoms with Gasteiger partial charge in [0.2, 0.25) is 5.78 Å². The van der Waals surface area contributed by atoms with Gasteiger partial charge >= 0.3 is 5.69 Å². The molecule has 0 fully saturated rings. The largest absolute Gasteiger partial charge is 0.343 e. The van der Waals surface area contributed by atoms with Gasteiger partial charge in [-0.3, -0.25) is 14.6 Å². The Kier molecular flexibility index (Phi) is 2.71. The van der Waals surface area contributed by atoms with Gasteiger partial charge in [-0.2, -0.15) is 4.98 Å². The van der Waals surface area contributed by atoms with E-state index >= 15 is 0 Å². The van der Waals surface area contributed by atoms with Gasteiger partial charge in [-0.05, 0) is 13.8 Å². The molecule has 3 N–H and O–H groups in total. The van der Waals surface area contributed by atoms with Crippen molar-refractivity contribution in [2.24, 2.45) is 10.8 Å². The molecule has 1 aliphatic rings. The first-order chi connectivity index (χ1) is 10.6. The smallest absolute Gasteiger partial charge is 0.268 e. The number of anilines is 1. The summed E-state index contributed by atoms with van der Waals surface area (Å²) in [6.45, 7) is 4.30. The number of aromatic amines is 1. The molecule has 1 aliphatic heterocycles. The van der Waals surface area contributed by atoms with Crippen LogP contribution in [0.4, 0.5) is 5.82 Å². The topological polar surface area (TPSA) is 110 Å². The predicted molar refractivity (Wildman–Crippen MR) is 83.4 cm³/mol. The maximum Gasteiger partial charge on any atom is 0.343 e. The lowest BCUT2D eigenvalue weighted by molar-refractivity contribution is 0.663. The number of nitrogens with two attached hydrogens (primary N) is 1. The summed E-state index contributed by atoms with van der Waals surface area (Å²) >= 11 is 1.48. The van der Waals surface area contributed by atoms with E-state index in [1.54, 1.807) is 15.3 Å². The first-order valence-electron chi connectivity index (χ1n) is 6.85. The molecule has 22 heavy (non-hydrogen) atoms. The first kappa shape index (κ1) is 13.2. The molecule has 114 valence electrons. The van der Waals surface area contributed by atoms with Crippen molar-refractivity contribution < 1.29 is 0 Å². The van der Waals surface area contributed by atoms with Crippen LogP contribution in [0.2, 0.25) is 0 Å². The zero-order valence-electron chi connectivity index (χ0n) is 12.0. The molecular weight excluding hydrogens is 304 g/mol. The van der Waals surface area contributed by atoms with Crippen LogP contribution >= 0.6 is 11.3 Å². The molecule has 0 aliphatic carbocycles. The molecule has 10 heteroatoms. The van der Waals surface area contributed by atoms with Crippen molar-refractivity contribution in [3.63, 3.8) is 0 Å². The summed E-state index contributed by atoms with van der Waals surface area (Å²) in [5, 5.41) is 6.94. The van der Waals surface area contributed by atoms with Crippen molar-refractivity contribution in [3.8, 4) is 0 Å². The van der Waals surface area contributed by atoms with E-state index in [1.165, 1.54) is 16.3 Å². The highest BCUT2D eigenvalue weighted by molar-refractivity contribution is 7.11. The van der Waals surface area contributed by atoms with Gasteiger partial charge in [0.05, 0.1) is 0 Å². The minimum atomic E-state index is -0.257. The predicted octanol–water partition coefficient (Wildman–Crippen LogP) is 0.178. The molecular formula is C12H14N8OS. The number of aliphatic imine (C=N–C) groups is 1. The molecule has 3 aromatic heterocycles. The van der Waals surface area contributed by atoms with Gasteiger partial charge in [0.15, 0.2) is 5.82 Å². The van der Waals surface area contributed by atoms with Crippen LogP contribution in [0.3, 0.4) is 0 Å². The molecule has 0 aromatic carbocycles. The second kappa shape index (κ2) is 4.52. The lowest BCUT2D eigenvalue weighted by Gasteiger charge is -2.26. The number of nitrogens with zero attached hydrogens (tertiary/aromatic N) is 6. The van der Waals surface area contributed by atoms with Crippen LogP contribution in [0.15, 0.2) is 21.4 Å². The van der Waals surface area contributed by atoms with Gasteiger partial charge in [-0.15, -0.1) is 11.3 Å². The van der Waals surface area contributed by atoms with Crippen LogP contribution < -0.4 is 16.5 Å². The fourth-order valence-electron chi connectivity index (χ4n) is 2.59. The van der Waals surface area contributed by atoms with Crippen molar-refractivity contribution in [1.82, 2.24) is 24.1 Å². The van der Waals surface area contributed by atoms with E-state index in [4.69, 9.17) is 5.84 Å². The number of hydrogen-bond donors (Lipinski definition) is 2. The Hall–Kier alpha value is -2.46. The van der Waals surface area contributed by atoms with Crippen molar-refractivity contribution >= 4 is 28.6 Å². The SMILES string of the molecule is CCn1c(=O)[nH]n2c3c(nc12)N(N)C(C)N=C3c1nccs1. The summed E-state index contributed by atoms with van der Waals surface area (Å²) in [5.74, 6) is 7.19. The van der Waals surface area contributed by atoms with Crippen molar-refractivity contribution in [3.05, 3.63) is 32.8 Å². The maximum atomic E-state index is 12.0. The van der Waals surface area contributed by atoms with E-state index in [1.807, 2.05) is 19.2 Å². The Labute approximate surface area is 128 Å². The molecule has 1 atom stereocenters. The second-order valence-corrected chi connectivity index (χ2v) is 5.83. The third kappa shape index (κ3) is 1.61. The highest BCUT2D eigenvalue weighted by Gasteiger charge is 2.32. The standard InChI is InChI=1S/C12H14N8OS/c1-3-18-11-16-9-8(20(11)17-12(18)21)7(10-14-4-5-22-10)15-6(2)19(9)13/h4-6H,3,13H2,1-2H3,(H,17,21). The average Bonchev–Trinajstić information content (AvgIpc) is 3.18. The third-order valence-corrected chi connectivity index (χ3v) is 4.45. The second-order valence-electron chi connectivity index (χ2n) is 4.93. The molecule has 0 bridgehead atoms. The molecule has 0 saturated carbocycles. The molecule has 0 spiro atoms. The molecule has 4 rings (SSSR count). The molecule has 4 heterocycles. The summed E-state index contributed by atoms with van der Waals surface area (Å²) in [6, 6.07) is 0. The number of imidazole rings is 1. The van der Waals surface area contributed by atoms with Gasteiger partial charge in [0.25, 0.3) is 0 Å². The summed E-state index contributed by atoms with van der Waals surface area (Å²) in [7, 11) is 0. The molecule has 0 saturated heterocycles. The number of nitrogens with one attached hydrogen (secondary N) is 1. The van der Waals surface area contributed by atoms with E-state index in [9.17, 15) is 4.79 Å². The van der Waals surface area contributed by atoms with Crippen molar-refractivity contribution in [2.45, 2.75) is 26.6 Å². The minimum absolute atomic E-state index is 0.214. The van der Waals surface area contributed by atoms with E-state index in [2.05, 4.69) is 20.1 Å². The number of aryl methyl sites for hydroxylation is 1. The van der Waals surface area contributed by atoms with E-state index in [-0.39, 0.29) is 11.9 Å². The quantitative estimate of drug-likeness (QED) is 0.655. The summed E-state index contributed by atoms with van der Waals surface area (Å²) in [5.41, 5.74) is 1.14. The van der Waals surface area contributed by atoms with Gasteiger partial charge in [0, 0.05) is 18.1 Å². The maximum absolute atomic E-state index is 12.0. The monoisotopic (exact) mass is 318 g/mol. The lowest BCUT2D eigenvalue weighted by atomic mass is 10.2. The molecule has 1 unspecified atom stereocenters. The molecule has 0 amide bonds. The first-order valence-corrected chi connectivity index (χ1v) is 7.73. The molecule has 3 aromatic rings. The Morgan fingerprint density at radius 3 is 3.00 bits per heavy atom. The third-order valence-electron chi connectivity index (χ3n) is 3.67. The lowest BCUT2D eigenvalue weighted by Crippen LogP contribution is -2.43. The van der Waals surface area contributed by atoms with Gasteiger partial charge in [0.1, 0.15) is 22.6 Å². The number of rotatable bonds is 2. The minimum Gasteiger partial charge on any atom is -0.268 e. The Bertz CT molecular complexity index is 931. The van der Waals surface area contributed by atoms with E-state index < -0.39 is 0 Å². The van der Waals surface area contributed by atoms with Gasteiger partial charge in [-0.25, -0.2) is 25.2 Å². The Morgan fingerprint density at radius 1 is 1.50 bits per heavy atom. The van der Waals surface area contributed by atoms with Crippen LogP contribution in [0.25, 0.3) is 5.78 Å². The normalized spacial score (nSPS) is 17.9. The highest BCUT2D eigenvalue weighted by atomic mass is 32.1. The molecule has 9 nitrogen and oxygen atoms in total. The number of hydrogen-bond acceptors (Lipinski definition) is 7. The Morgan fingerprint density at radius 2 is 2.32 bits per heavy atom. The average molecular weight is 318 g/mol. The van der Waals surface area contributed by atoms with E-state index in [0.29, 0.717) is 29.5 Å². The molecule has 0 radical (unpaired) electrons. The number of thiazole rings is 1. The number of hydrazine groups is 1. The number of aromatic nitrogens is 5. The highest BCUT2D eigenvalue weighted by Crippen LogP contribution is 2.29. The van der Waals surface area contributed by atoms with Crippen LogP contribution in [0.5, 0.6) is 0 Å². The van der Waals surface area contributed by atoms with Gasteiger partial charge < -0.3 is 0 Å². The number of H-pyrrole nitrogens is 1. The van der Waals surface area contributed by atoms with Crippen LogP contribution in [0, 0.1) is 0 Å². The fraction of sp³-hybridized carbons (Fsp3) is 0.333. The number of fused-ring (bicyclic) bond motifs is 3. The zero-order chi connectivity index (χ0) is 15.4.